The second-order valence-electron chi connectivity index (χ2n) is 12.6. The maximum absolute atomic E-state index is 13.9. The van der Waals surface area contributed by atoms with E-state index in [4.69, 9.17) is 4.74 Å². The molecule has 2 fully saturated rings. The van der Waals surface area contributed by atoms with Crippen LogP contribution in [0.1, 0.15) is 55.7 Å². The molecule has 234 valence electrons. The molecule has 0 bridgehead atoms. The van der Waals surface area contributed by atoms with E-state index >= 15 is 0 Å². The molecule has 7 heteroatoms. The van der Waals surface area contributed by atoms with Crippen LogP contribution in [0, 0.1) is 31.6 Å². The summed E-state index contributed by atoms with van der Waals surface area (Å²) in [5.41, 5.74) is 8.36. The number of aliphatic hydroxyl groups is 1. The lowest BCUT2D eigenvalue weighted by atomic mass is 9.69. The molecule has 7 nitrogen and oxygen atoms in total. The number of ether oxygens (including phenoxy) is 1. The third-order valence-corrected chi connectivity index (χ3v) is 9.57. The van der Waals surface area contributed by atoms with Crippen LogP contribution in [-0.4, -0.2) is 41.3 Å². The second-order valence-corrected chi connectivity index (χ2v) is 12.6. The maximum atomic E-state index is 13.9. The molecule has 0 radical (unpaired) electrons. The van der Waals surface area contributed by atoms with Crippen LogP contribution in [0.2, 0.25) is 0 Å². The summed E-state index contributed by atoms with van der Waals surface area (Å²) in [5.74, 6) is -1.23. The maximum Gasteiger partial charge on any atom is 0.238 e. The molecule has 3 aromatic rings. The standard InChI is InChI=1S/C38H42N2O5/c1-4-8-25(19-26-17-23(2)36(42)24(3)18-26)11-16-33-34-27(21-41)20-31-35(32(34)22-45-33)38(44)40(37(31)43)30-14-12-29(13-15-30)39-28-9-6-5-7-10-28/h5-7,9-10,12-15,17-19,31-33,35,39,41-42H,4,8,11,16,20-22H2,1-3H3/b25-19+/t31-,32+,33-,35-/m1/s1. The first-order chi connectivity index (χ1) is 21.8. The van der Waals surface area contributed by atoms with Crippen molar-refractivity contribution in [3.05, 3.63) is 100 Å². The quantitative estimate of drug-likeness (QED) is 0.166. The fourth-order valence-electron chi connectivity index (χ4n) is 7.47. The minimum atomic E-state index is -0.491. The first kappa shape index (κ1) is 30.8. The Kier molecular flexibility index (Phi) is 8.92. The van der Waals surface area contributed by atoms with Gasteiger partial charge in [0.1, 0.15) is 5.75 Å². The number of anilines is 3. The summed E-state index contributed by atoms with van der Waals surface area (Å²) < 4.78 is 6.35. The number of aryl methyl sites for hydroxylation is 2. The number of aromatic hydroxyl groups is 1. The molecule has 3 N–H and O–H groups in total. The third kappa shape index (κ3) is 6.07. The molecule has 1 aliphatic carbocycles. The zero-order valence-electron chi connectivity index (χ0n) is 26.3. The summed E-state index contributed by atoms with van der Waals surface area (Å²) in [6.45, 7) is 6.23. The van der Waals surface area contributed by atoms with Gasteiger partial charge in [-0.25, -0.2) is 0 Å². The molecule has 45 heavy (non-hydrogen) atoms. The lowest BCUT2D eigenvalue weighted by molar-refractivity contribution is -0.122. The Balaban J connectivity index is 1.18. The zero-order valence-corrected chi connectivity index (χ0v) is 26.3. The molecule has 0 unspecified atom stereocenters. The summed E-state index contributed by atoms with van der Waals surface area (Å²) >= 11 is 0. The first-order valence-corrected chi connectivity index (χ1v) is 16.0. The third-order valence-electron chi connectivity index (χ3n) is 9.57. The summed E-state index contributed by atoms with van der Waals surface area (Å²) in [6.07, 6.45) is 5.94. The Morgan fingerprint density at radius 2 is 1.64 bits per heavy atom. The van der Waals surface area contributed by atoms with E-state index in [2.05, 4.69) is 18.3 Å². The summed E-state index contributed by atoms with van der Waals surface area (Å²) in [7, 11) is 0. The van der Waals surface area contributed by atoms with Gasteiger partial charge in [0, 0.05) is 17.3 Å². The molecule has 2 aliphatic heterocycles. The van der Waals surface area contributed by atoms with Gasteiger partial charge in [-0.1, -0.05) is 43.2 Å². The van der Waals surface area contributed by atoms with Gasteiger partial charge in [0.25, 0.3) is 0 Å². The van der Waals surface area contributed by atoms with E-state index in [1.54, 1.807) is 0 Å². The van der Waals surface area contributed by atoms with E-state index in [1.165, 1.54) is 10.5 Å². The molecule has 0 saturated carbocycles. The van der Waals surface area contributed by atoms with E-state index in [0.717, 1.165) is 64.9 Å². The summed E-state index contributed by atoms with van der Waals surface area (Å²) in [6, 6.07) is 21.2. The van der Waals surface area contributed by atoms with Gasteiger partial charge in [0.15, 0.2) is 0 Å². The molecule has 0 aromatic heterocycles. The van der Waals surface area contributed by atoms with Gasteiger partial charge in [0.2, 0.25) is 11.8 Å². The van der Waals surface area contributed by atoms with E-state index in [0.29, 0.717) is 24.5 Å². The number of allylic oxidation sites excluding steroid dienone is 1. The van der Waals surface area contributed by atoms with Crippen molar-refractivity contribution in [1.82, 2.24) is 0 Å². The largest absolute Gasteiger partial charge is 0.507 e. The highest BCUT2D eigenvalue weighted by Crippen LogP contribution is 2.50. The second kappa shape index (κ2) is 13.0. The number of amides is 2. The number of carbonyl (C=O) groups excluding carboxylic acids is 2. The number of benzene rings is 3. The highest BCUT2D eigenvalue weighted by Gasteiger charge is 2.57. The van der Waals surface area contributed by atoms with Crippen molar-refractivity contribution in [2.45, 2.75) is 59.0 Å². The number of rotatable bonds is 10. The molecule has 3 aliphatic rings. The number of hydrogen-bond acceptors (Lipinski definition) is 6. The van der Waals surface area contributed by atoms with Gasteiger partial charge in [0.05, 0.1) is 36.8 Å². The monoisotopic (exact) mass is 606 g/mol. The molecule has 2 heterocycles. The topological polar surface area (TPSA) is 99.1 Å². The average Bonchev–Trinajstić information content (AvgIpc) is 3.57. The normalized spacial score (nSPS) is 23.0. The van der Waals surface area contributed by atoms with Crippen molar-refractivity contribution in [3.8, 4) is 5.75 Å². The smallest absolute Gasteiger partial charge is 0.238 e. The Morgan fingerprint density at radius 3 is 2.31 bits per heavy atom. The van der Waals surface area contributed by atoms with Crippen molar-refractivity contribution in [2.75, 3.05) is 23.4 Å². The molecular weight excluding hydrogens is 564 g/mol. The van der Waals surface area contributed by atoms with Crippen molar-refractivity contribution in [3.63, 3.8) is 0 Å². The summed E-state index contributed by atoms with van der Waals surface area (Å²) in [4.78, 5) is 29.0. The van der Waals surface area contributed by atoms with Crippen LogP contribution in [0.25, 0.3) is 6.08 Å². The Morgan fingerprint density at radius 1 is 0.956 bits per heavy atom. The van der Waals surface area contributed by atoms with E-state index < -0.39 is 11.8 Å². The lowest BCUT2D eigenvalue weighted by Crippen LogP contribution is -2.35. The van der Waals surface area contributed by atoms with Crippen LogP contribution in [0.3, 0.4) is 0 Å². The molecule has 0 spiro atoms. The van der Waals surface area contributed by atoms with Gasteiger partial charge in [-0.3, -0.25) is 14.5 Å². The zero-order chi connectivity index (χ0) is 31.7. The van der Waals surface area contributed by atoms with Crippen LogP contribution in [-0.2, 0) is 14.3 Å². The lowest BCUT2D eigenvalue weighted by Gasteiger charge is -2.31. The van der Waals surface area contributed by atoms with Gasteiger partial charge < -0.3 is 20.3 Å². The van der Waals surface area contributed by atoms with Gasteiger partial charge in [-0.15, -0.1) is 0 Å². The van der Waals surface area contributed by atoms with Crippen LogP contribution in [0.5, 0.6) is 5.75 Å². The Hall–Kier alpha value is -4.20. The van der Waals surface area contributed by atoms with Crippen LogP contribution >= 0.6 is 0 Å². The minimum Gasteiger partial charge on any atom is -0.507 e. The van der Waals surface area contributed by atoms with Crippen LogP contribution in [0.15, 0.2) is 83.4 Å². The number of imide groups is 1. The summed E-state index contributed by atoms with van der Waals surface area (Å²) in [5, 5.41) is 24.0. The highest BCUT2D eigenvalue weighted by atomic mass is 16.5. The van der Waals surface area contributed by atoms with Crippen LogP contribution in [0.4, 0.5) is 17.1 Å². The van der Waals surface area contributed by atoms with Crippen molar-refractivity contribution < 1.29 is 24.5 Å². The van der Waals surface area contributed by atoms with Crippen molar-refractivity contribution >= 4 is 35.0 Å². The molecule has 6 rings (SSSR count). The molecule has 2 saturated heterocycles. The fourth-order valence-corrected chi connectivity index (χ4v) is 7.47. The number of carbonyl (C=O) groups is 2. The van der Waals surface area contributed by atoms with Gasteiger partial charge >= 0.3 is 0 Å². The predicted octanol–water partition coefficient (Wildman–Crippen LogP) is 7.23. The average molecular weight is 607 g/mol. The number of fused-ring (bicyclic) bond motifs is 3. The van der Waals surface area contributed by atoms with E-state index in [1.807, 2.05) is 80.6 Å². The SMILES string of the molecule is CCC/C(=C\c1cc(C)c(O)c(C)c1)CC[C@H]1OC[C@H]2C1=C(CO)C[C@H]1C(=O)N(c3ccc(Nc4ccccc4)cc3)C(=O)[C@H]12. The number of phenolic OH excluding ortho intramolecular Hbond substituents is 1. The number of para-hydroxylation sites is 1. The van der Waals surface area contributed by atoms with Gasteiger partial charge in [-0.05, 0) is 116 Å². The molecule has 3 aromatic carbocycles. The van der Waals surface area contributed by atoms with Crippen molar-refractivity contribution in [1.29, 1.82) is 0 Å². The fraction of sp³-hybridized carbons (Fsp3) is 0.368. The number of nitrogens with zero attached hydrogens (tertiary/aromatic N) is 1. The highest BCUT2D eigenvalue weighted by molar-refractivity contribution is 6.22. The van der Waals surface area contributed by atoms with E-state index in [9.17, 15) is 19.8 Å². The van der Waals surface area contributed by atoms with Crippen LogP contribution < -0.4 is 10.2 Å². The number of nitrogens with one attached hydrogen (secondary N) is 1. The van der Waals surface area contributed by atoms with Gasteiger partial charge in [-0.2, -0.15) is 0 Å². The number of phenols is 1. The number of hydrogen-bond donors (Lipinski definition) is 3. The Labute approximate surface area is 265 Å². The molecular formula is C38H42N2O5. The molecule has 4 atom stereocenters. The predicted molar refractivity (Wildman–Crippen MR) is 177 cm³/mol. The number of aliphatic hydroxyl groups excluding tert-OH is 1. The van der Waals surface area contributed by atoms with E-state index in [-0.39, 0.29) is 30.4 Å². The van der Waals surface area contributed by atoms with Crippen molar-refractivity contribution in [2.24, 2.45) is 17.8 Å². The minimum absolute atomic E-state index is 0.139. The first-order valence-electron chi connectivity index (χ1n) is 16.0. The molecule has 2 amide bonds. The Bertz CT molecular complexity index is 1620.